The Labute approximate surface area is 60.7 Å². The number of carbonyl (C=O) groups excluding carboxylic acids is 1. The Hall–Kier alpha value is 0.566. The molecule has 0 aromatic rings. The molecule has 3 heteroatoms. The minimum atomic E-state index is 0. The quantitative estimate of drug-likeness (QED) is 0.288. The molecule has 6 heavy (non-hydrogen) atoms. The van der Waals surface area contributed by atoms with E-state index in [0.717, 1.165) is 6.08 Å². The third-order valence-corrected chi connectivity index (χ3v) is 0.0833. The van der Waals surface area contributed by atoms with Gasteiger partial charge in [-0.15, -0.1) is 0 Å². The second-order valence-electron chi connectivity index (χ2n) is 0.322. The summed E-state index contributed by atoms with van der Waals surface area (Å²) in [7, 11) is 0. The first-order valence-electron chi connectivity index (χ1n) is 0.901. The van der Waals surface area contributed by atoms with Crippen molar-refractivity contribution in [1.29, 1.82) is 0 Å². The molecule has 0 bridgehead atoms. The number of hydrogen-bond donors (Lipinski definition) is 0. The average Bonchev–Trinajstić information content (AvgIpc) is 1.37. The molecular formula is C3H3AlOZn-. The molecule has 0 aliphatic carbocycles. The van der Waals surface area contributed by atoms with E-state index in [9.17, 15) is 0 Å². The molecule has 0 heterocycles. The van der Waals surface area contributed by atoms with E-state index in [1.54, 1.807) is 0 Å². The molecule has 0 aliphatic rings. The van der Waals surface area contributed by atoms with Crippen LogP contribution in [0.1, 0.15) is 0 Å². The monoisotopic (exact) mass is 146 g/mol. The van der Waals surface area contributed by atoms with Crippen molar-refractivity contribution in [3.63, 3.8) is 0 Å². The maximum atomic E-state index is 8.93. The van der Waals surface area contributed by atoms with Crippen molar-refractivity contribution >= 4 is 23.6 Å². The SMILES string of the molecule is C=C[C-]=O.[Al].[Zn]. The number of allylic oxidation sites excluding steroid dienone is 1. The van der Waals surface area contributed by atoms with Crippen LogP contribution in [-0.4, -0.2) is 23.6 Å². The van der Waals surface area contributed by atoms with Crippen LogP contribution < -0.4 is 0 Å². The molecule has 0 amide bonds. The Morgan fingerprint density at radius 1 is 1.67 bits per heavy atom. The summed E-state index contributed by atoms with van der Waals surface area (Å²) in [4.78, 5) is 8.93. The molecule has 0 spiro atoms. The summed E-state index contributed by atoms with van der Waals surface area (Å²) < 4.78 is 0. The molecule has 0 rings (SSSR count). The van der Waals surface area contributed by atoms with Crippen LogP contribution in [0, 0.1) is 0 Å². The van der Waals surface area contributed by atoms with Gasteiger partial charge in [0, 0.05) is 36.8 Å². The zero-order chi connectivity index (χ0) is 3.41. The largest absolute Gasteiger partial charge is 0.419 e. The minimum Gasteiger partial charge on any atom is -0.419 e. The van der Waals surface area contributed by atoms with Crippen LogP contribution in [0.15, 0.2) is 12.7 Å². The van der Waals surface area contributed by atoms with E-state index >= 15 is 0 Å². The molecule has 0 saturated carbocycles. The van der Waals surface area contributed by atoms with Gasteiger partial charge in [-0.25, -0.2) is 12.7 Å². The normalized spacial score (nSPS) is 3.33. The van der Waals surface area contributed by atoms with Crippen molar-refractivity contribution < 1.29 is 24.3 Å². The van der Waals surface area contributed by atoms with Crippen LogP contribution in [0.3, 0.4) is 0 Å². The Morgan fingerprint density at radius 2 is 1.83 bits per heavy atom. The molecule has 0 unspecified atom stereocenters. The average molecular weight is 147 g/mol. The number of hydrogen-bond acceptors (Lipinski definition) is 1. The second-order valence-corrected chi connectivity index (χ2v) is 0.322. The summed E-state index contributed by atoms with van der Waals surface area (Å²) >= 11 is 0. The van der Waals surface area contributed by atoms with Crippen LogP contribution in [0.5, 0.6) is 0 Å². The molecule has 0 aliphatic heterocycles. The van der Waals surface area contributed by atoms with Gasteiger partial charge < -0.3 is 4.79 Å². The van der Waals surface area contributed by atoms with Gasteiger partial charge in [-0.3, -0.25) is 0 Å². The zero-order valence-corrected chi connectivity index (χ0v) is 7.60. The summed E-state index contributed by atoms with van der Waals surface area (Å²) in [6, 6.07) is 0. The van der Waals surface area contributed by atoms with Gasteiger partial charge in [0.25, 0.3) is 0 Å². The maximum absolute atomic E-state index is 8.93. The third-order valence-electron chi connectivity index (χ3n) is 0.0833. The molecule has 1 nitrogen and oxygen atoms in total. The van der Waals surface area contributed by atoms with Crippen molar-refractivity contribution in [1.82, 2.24) is 0 Å². The summed E-state index contributed by atoms with van der Waals surface area (Å²) in [5, 5.41) is 0. The molecule has 0 N–H and O–H groups in total. The van der Waals surface area contributed by atoms with Gasteiger partial charge in [0.1, 0.15) is 0 Å². The third kappa shape index (κ3) is 23.7. The van der Waals surface area contributed by atoms with Crippen molar-refractivity contribution in [3.8, 4) is 0 Å². The van der Waals surface area contributed by atoms with E-state index in [1.165, 1.54) is 6.29 Å². The van der Waals surface area contributed by atoms with E-state index < -0.39 is 0 Å². The van der Waals surface area contributed by atoms with Crippen molar-refractivity contribution in [2.24, 2.45) is 0 Å². The first kappa shape index (κ1) is 16.0. The van der Waals surface area contributed by atoms with Gasteiger partial charge in [0.05, 0.1) is 0 Å². The smallest absolute Gasteiger partial charge is 0 e. The van der Waals surface area contributed by atoms with Crippen LogP contribution in [-0.2, 0) is 24.3 Å². The summed E-state index contributed by atoms with van der Waals surface area (Å²) in [5.74, 6) is 0. The molecule has 0 fully saturated rings. The standard InChI is InChI=1S/C3H3O.Al.Zn/c1-2-3-4;;/h2H,1H2;;/q-1;;. The van der Waals surface area contributed by atoms with Gasteiger partial charge in [0.2, 0.25) is 0 Å². The summed E-state index contributed by atoms with van der Waals surface area (Å²) in [6.45, 7) is 3.06. The Morgan fingerprint density at radius 3 is 1.83 bits per heavy atom. The van der Waals surface area contributed by atoms with E-state index in [0.29, 0.717) is 0 Å². The first-order valence-corrected chi connectivity index (χ1v) is 0.901. The molecule has 0 aromatic carbocycles. The van der Waals surface area contributed by atoms with Crippen LogP contribution in [0.2, 0.25) is 0 Å². The van der Waals surface area contributed by atoms with Gasteiger partial charge in [0.15, 0.2) is 0 Å². The Kier molecular flexibility index (Phi) is 47.0. The zero-order valence-electron chi connectivity index (χ0n) is 3.48. The molecule has 0 aromatic heterocycles. The Balaban J connectivity index is -0.0000000450. The van der Waals surface area contributed by atoms with Gasteiger partial charge >= 0.3 is 0 Å². The van der Waals surface area contributed by atoms with Crippen LogP contribution in [0.25, 0.3) is 0 Å². The molecule has 3 radical (unpaired) electrons. The minimum absolute atomic E-state index is 0. The van der Waals surface area contributed by atoms with Crippen molar-refractivity contribution in [2.75, 3.05) is 0 Å². The van der Waals surface area contributed by atoms with Gasteiger partial charge in [-0.2, -0.15) is 0 Å². The van der Waals surface area contributed by atoms with E-state index in [2.05, 4.69) is 6.58 Å². The van der Waals surface area contributed by atoms with E-state index in [4.69, 9.17) is 4.79 Å². The van der Waals surface area contributed by atoms with Crippen LogP contribution >= 0.6 is 0 Å². The summed E-state index contributed by atoms with van der Waals surface area (Å²) in [6.07, 6.45) is 2.51. The number of rotatable bonds is 1. The van der Waals surface area contributed by atoms with E-state index in [-0.39, 0.29) is 36.8 Å². The molecular weight excluding hydrogens is 144 g/mol. The topological polar surface area (TPSA) is 17.1 Å². The molecule has 27 valence electrons. The van der Waals surface area contributed by atoms with Crippen LogP contribution in [0.4, 0.5) is 0 Å². The summed E-state index contributed by atoms with van der Waals surface area (Å²) in [5.41, 5.74) is 0. The molecule has 0 saturated heterocycles. The van der Waals surface area contributed by atoms with Gasteiger partial charge in [-0.05, 0) is 6.29 Å². The predicted octanol–water partition coefficient (Wildman–Crippen LogP) is -0.101. The van der Waals surface area contributed by atoms with E-state index in [1.807, 2.05) is 0 Å². The second kappa shape index (κ2) is 17.6. The fourth-order valence-corrected chi connectivity index (χ4v) is 0. The molecule has 0 atom stereocenters. The predicted molar refractivity (Wildman–Crippen MR) is 21.6 cm³/mol. The Bertz CT molecular complexity index is 31.8. The maximum Gasteiger partial charge on any atom is 0 e. The van der Waals surface area contributed by atoms with Crippen molar-refractivity contribution in [2.45, 2.75) is 0 Å². The van der Waals surface area contributed by atoms with Gasteiger partial charge in [-0.1, -0.05) is 0 Å². The fraction of sp³-hybridized carbons (Fsp3) is 0. The first-order chi connectivity index (χ1) is 1.91. The fourth-order valence-electron chi connectivity index (χ4n) is 0. The van der Waals surface area contributed by atoms with Crippen molar-refractivity contribution in [3.05, 3.63) is 12.7 Å².